The van der Waals surface area contributed by atoms with Gasteiger partial charge in [0.2, 0.25) is 0 Å². The summed E-state index contributed by atoms with van der Waals surface area (Å²) in [4.78, 5) is 26.3. The molecular weight excluding hydrogens is 360 g/mol. The number of anilines is 1. The highest BCUT2D eigenvalue weighted by Gasteiger charge is 2.10. The number of hydrogen-bond donors (Lipinski definition) is 3. The molecule has 1 aromatic carbocycles. The van der Waals surface area contributed by atoms with E-state index in [2.05, 4.69) is 20.9 Å². The first-order valence-electron chi connectivity index (χ1n) is 9.48. The molecule has 2 aromatic rings. The average molecular weight is 386 g/mol. The minimum absolute atomic E-state index is 0.0663. The summed E-state index contributed by atoms with van der Waals surface area (Å²) in [5, 5.41) is 8.91. The van der Waals surface area contributed by atoms with E-state index in [-0.39, 0.29) is 24.2 Å². The Bertz CT molecular complexity index is 757. The number of benzene rings is 1. The van der Waals surface area contributed by atoms with Crippen molar-refractivity contribution < 1.29 is 18.7 Å². The van der Waals surface area contributed by atoms with Crippen LogP contribution in [0.25, 0.3) is 0 Å². The van der Waals surface area contributed by atoms with Gasteiger partial charge < -0.3 is 30.0 Å². The fraction of sp³-hybridized carbons (Fsp3) is 0.400. The summed E-state index contributed by atoms with van der Waals surface area (Å²) in [6.45, 7) is 5.73. The Morgan fingerprint density at radius 2 is 2.04 bits per heavy atom. The minimum Gasteiger partial charge on any atom is -0.484 e. The molecular formula is C20H26N4O4. The van der Waals surface area contributed by atoms with Gasteiger partial charge in [-0.15, -0.1) is 0 Å². The van der Waals surface area contributed by atoms with E-state index < -0.39 is 0 Å². The molecule has 0 aliphatic carbocycles. The summed E-state index contributed by atoms with van der Waals surface area (Å²) in [6, 6.07) is 10.1. The van der Waals surface area contributed by atoms with Crippen molar-refractivity contribution in [2.75, 3.05) is 51.2 Å². The van der Waals surface area contributed by atoms with Gasteiger partial charge in [0.05, 0.1) is 6.26 Å². The van der Waals surface area contributed by atoms with Crippen LogP contribution in [0.1, 0.15) is 17.0 Å². The third kappa shape index (κ3) is 6.40. The number of nitrogens with zero attached hydrogens (tertiary/aromatic N) is 1. The molecule has 2 amide bonds. The predicted octanol–water partition coefficient (Wildman–Crippen LogP) is 1.32. The second-order valence-corrected chi connectivity index (χ2v) is 6.54. The Labute approximate surface area is 164 Å². The van der Waals surface area contributed by atoms with Crippen molar-refractivity contribution in [1.82, 2.24) is 15.5 Å². The highest BCUT2D eigenvalue weighted by molar-refractivity contribution is 6.02. The van der Waals surface area contributed by atoms with E-state index in [1.807, 2.05) is 0 Å². The van der Waals surface area contributed by atoms with E-state index in [0.717, 1.165) is 39.1 Å². The first kappa shape index (κ1) is 19.9. The van der Waals surface area contributed by atoms with Crippen LogP contribution in [0.5, 0.6) is 5.75 Å². The SMILES string of the molecule is O=C(COc1cccc(NC(=O)c2ccco2)c1)NCCCN1CCNCC1. The van der Waals surface area contributed by atoms with Gasteiger partial charge in [0.1, 0.15) is 5.75 Å². The van der Waals surface area contributed by atoms with E-state index in [1.54, 1.807) is 36.4 Å². The van der Waals surface area contributed by atoms with E-state index in [1.165, 1.54) is 6.26 Å². The van der Waals surface area contributed by atoms with Crippen LogP contribution in [-0.4, -0.2) is 62.6 Å². The number of ether oxygens (including phenoxy) is 1. The highest BCUT2D eigenvalue weighted by atomic mass is 16.5. The van der Waals surface area contributed by atoms with Gasteiger partial charge in [0.25, 0.3) is 11.8 Å². The first-order chi connectivity index (χ1) is 13.7. The first-order valence-corrected chi connectivity index (χ1v) is 9.48. The Kier molecular flexibility index (Phi) is 7.45. The fourth-order valence-corrected chi connectivity index (χ4v) is 2.93. The lowest BCUT2D eigenvalue weighted by molar-refractivity contribution is -0.123. The molecule has 0 unspecified atom stereocenters. The maximum absolute atomic E-state index is 12.0. The molecule has 1 aromatic heterocycles. The quantitative estimate of drug-likeness (QED) is 0.563. The van der Waals surface area contributed by atoms with Gasteiger partial charge in [-0.25, -0.2) is 0 Å². The van der Waals surface area contributed by atoms with E-state index in [0.29, 0.717) is 18.0 Å². The van der Waals surface area contributed by atoms with Gasteiger partial charge in [0, 0.05) is 44.5 Å². The molecule has 1 fully saturated rings. The summed E-state index contributed by atoms with van der Waals surface area (Å²) in [7, 11) is 0. The van der Waals surface area contributed by atoms with Gasteiger partial charge in [0.15, 0.2) is 12.4 Å². The number of piperazine rings is 1. The third-order valence-electron chi connectivity index (χ3n) is 4.39. The molecule has 3 N–H and O–H groups in total. The number of amides is 2. The molecule has 8 nitrogen and oxygen atoms in total. The zero-order valence-corrected chi connectivity index (χ0v) is 15.8. The second-order valence-electron chi connectivity index (χ2n) is 6.54. The van der Waals surface area contributed by atoms with Crippen molar-refractivity contribution in [3.63, 3.8) is 0 Å². The van der Waals surface area contributed by atoms with Crippen LogP contribution in [0.4, 0.5) is 5.69 Å². The molecule has 0 saturated carbocycles. The molecule has 3 rings (SSSR count). The number of carbonyl (C=O) groups is 2. The summed E-state index contributed by atoms with van der Waals surface area (Å²) >= 11 is 0. The van der Waals surface area contributed by atoms with Crippen molar-refractivity contribution in [3.05, 3.63) is 48.4 Å². The van der Waals surface area contributed by atoms with Crippen molar-refractivity contribution >= 4 is 17.5 Å². The normalized spacial score (nSPS) is 14.4. The van der Waals surface area contributed by atoms with Crippen LogP contribution in [0.2, 0.25) is 0 Å². The van der Waals surface area contributed by atoms with Crippen LogP contribution < -0.4 is 20.7 Å². The topological polar surface area (TPSA) is 95.8 Å². The summed E-state index contributed by atoms with van der Waals surface area (Å²) in [5.41, 5.74) is 0.565. The Morgan fingerprint density at radius 1 is 1.18 bits per heavy atom. The van der Waals surface area contributed by atoms with Crippen LogP contribution >= 0.6 is 0 Å². The molecule has 1 saturated heterocycles. The van der Waals surface area contributed by atoms with E-state index in [9.17, 15) is 9.59 Å². The average Bonchev–Trinajstić information content (AvgIpc) is 3.26. The van der Waals surface area contributed by atoms with Gasteiger partial charge in [-0.3, -0.25) is 9.59 Å². The number of furan rings is 1. The smallest absolute Gasteiger partial charge is 0.291 e. The van der Waals surface area contributed by atoms with Crippen LogP contribution in [-0.2, 0) is 4.79 Å². The maximum atomic E-state index is 12.0. The maximum Gasteiger partial charge on any atom is 0.291 e. The number of hydrogen-bond acceptors (Lipinski definition) is 6. The number of carbonyl (C=O) groups excluding carboxylic acids is 2. The Hall–Kier alpha value is -2.84. The monoisotopic (exact) mass is 386 g/mol. The van der Waals surface area contributed by atoms with Crippen molar-refractivity contribution in [2.24, 2.45) is 0 Å². The lowest BCUT2D eigenvalue weighted by Gasteiger charge is -2.27. The van der Waals surface area contributed by atoms with Crippen molar-refractivity contribution in [2.45, 2.75) is 6.42 Å². The molecule has 0 atom stereocenters. The van der Waals surface area contributed by atoms with Gasteiger partial charge in [-0.05, 0) is 37.2 Å². The van der Waals surface area contributed by atoms with Gasteiger partial charge in [-0.2, -0.15) is 0 Å². The fourth-order valence-electron chi connectivity index (χ4n) is 2.93. The van der Waals surface area contributed by atoms with E-state index >= 15 is 0 Å². The van der Waals surface area contributed by atoms with E-state index in [4.69, 9.17) is 9.15 Å². The molecule has 0 bridgehead atoms. The number of nitrogens with one attached hydrogen (secondary N) is 3. The molecule has 1 aliphatic heterocycles. The highest BCUT2D eigenvalue weighted by Crippen LogP contribution is 2.18. The molecule has 150 valence electrons. The number of rotatable bonds is 9. The predicted molar refractivity (Wildman–Crippen MR) is 106 cm³/mol. The molecule has 2 heterocycles. The van der Waals surface area contributed by atoms with Crippen LogP contribution in [0.15, 0.2) is 47.1 Å². The largest absolute Gasteiger partial charge is 0.484 e. The van der Waals surface area contributed by atoms with Crippen molar-refractivity contribution in [1.29, 1.82) is 0 Å². The lowest BCUT2D eigenvalue weighted by atomic mass is 10.3. The molecule has 28 heavy (non-hydrogen) atoms. The van der Waals surface area contributed by atoms with Gasteiger partial charge in [-0.1, -0.05) is 6.07 Å². The third-order valence-corrected chi connectivity index (χ3v) is 4.39. The molecule has 0 radical (unpaired) electrons. The standard InChI is InChI=1S/C20H26N4O4/c25-19(22-7-3-10-24-11-8-21-9-12-24)15-28-17-5-1-4-16(14-17)23-20(26)18-6-2-13-27-18/h1-2,4-6,13-14,21H,3,7-12,15H2,(H,22,25)(H,23,26). The summed E-state index contributed by atoms with van der Waals surface area (Å²) < 4.78 is 10.6. The second kappa shape index (κ2) is 10.5. The van der Waals surface area contributed by atoms with Crippen LogP contribution in [0, 0.1) is 0 Å². The zero-order valence-electron chi connectivity index (χ0n) is 15.8. The summed E-state index contributed by atoms with van der Waals surface area (Å²) in [5.74, 6) is 0.231. The lowest BCUT2D eigenvalue weighted by Crippen LogP contribution is -2.44. The molecule has 1 aliphatic rings. The molecule has 0 spiro atoms. The Balaban J connectivity index is 1.35. The Morgan fingerprint density at radius 3 is 2.82 bits per heavy atom. The van der Waals surface area contributed by atoms with Crippen molar-refractivity contribution in [3.8, 4) is 5.75 Å². The van der Waals surface area contributed by atoms with Crippen LogP contribution in [0.3, 0.4) is 0 Å². The zero-order chi connectivity index (χ0) is 19.6. The minimum atomic E-state index is -0.343. The van der Waals surface area contributed by atoms with Gasteiger partial charge >= 0.3 is 0 Å². The molecule has 8 heteroatoms. The summed E-state index contributed by atoms with van der Waals surface area (Å²) in [6.07, 6.45) is 2.36.